The van der Waals surface area contributed by atoms with E-state index >= 15 is 0 Å². The molecular weight excluding hydrogens is 298 g/mol. The number of hydrogen-bond acceptors (Lipinski definition) is 4. The normalized spacial score (nSPS) is 16.1. The van der Waals surface area contributed by atoms with Crippen LogP contribution < -0.4 is 10.9 Å². The van der Waals surface area contributed by atoms with Gasteiger partial charge in [0.25, 0.3) is 5.56 Å². The summed E-state index contributed by atoms with van der Waals surface area (Å²) >= 11 is 3.35. The van der Waals surface area contributed by atoms with E-state index in [9.17, 15) is 4.79 Å². The van der Waals surface area contributed by atoms with Crippen LogP contribution in [0.15, 0.2) is 15.5 Å². The lowest BCUT2D eigenvalue weighted by molar-refractivity contribution is 0.181. The maximum atomic E-state index is 12.0. The Morgan fingerprint density at radius 2 is 2.28 bits per heavy atom. The van der Waals surface area contributed by atoms with E-state index in [0.717, 1.165) is 5.69 Å². The van der Waals surface area contributed by atoms with Crippen molar-refractivity contribution in [2.75, 3.05) is 19.0 Å². The van der Waals surface area contributed by atoms with Crippen molar-refractivity contribution in [1.82, 2.24) is 9.78 Å². The predicted molar refractivity (Wildman–Crippen MR) is 74.0 cm³/mol. The Bertz CT molecular complexity index is 455. The molecule has 0 aliphatic heterocycles. The van der Waals surface area contributed by atoms with E-state index in [4.69, 9.17) is 4.74 Å². The van der Waals surface area contributed by atoms with E-state index in [1.165, 1.54) is 30.4 Å². The molecule has 1 aromatic heterocycles. The molecule has 1 heterocycles. The summed E-state index contributed by atoms with van der Waals surface area (Å²) in [5.41, 5.74) is 0.676. The Morgan fingerprint density at radius 1 is 1.56 bits per heavy atom. The van der Waals surface area contributed by atoms with Gasteiger partial charge in [-0.2, -0.15) is 5.10 Å². The second-order valence-corrected chi connectivity index (χ2v) is 5.31. The first kappa shape index (κ1) is 13.5. The molecule has 1 aliphatic carbocycles. The number of ether oxygens (including phenoxy) is 1. The molecule has 2 rings (SSSR count). The Morgan fingerprint density at radius 3 is 2.94 bits per heavy atom. The van der Waals surface area contributed by atoms with Gasteiger partial charge < -0.3 is 10.1 Å². The fraction of sp³-hybridized carbons (Fsp3) is 0.667. The Labute approximate surface area is 115 Å². The van der Waals surface area contributed by atoms with Crippen molar-refractivity contribution in [2.24, 2.45) is 0 Å². The van der Waals surface area contributed by atoms with Crippen LogP contribution in [0.2, 0.25) is 0 Å². The van der Waals surface area contributed by atoms with Crippen LogP contribution in [0.25, 0.3) is 0 Å². The van der Waals surface area contributed by atoms with Crippen molar-refractivity contribution in [3.63, 3.8) is 0 Å². The molecule has 1 aliphatic rings. The number of nitrogens with zero attached hydrogens (tertiary/aromatic N) is 2. The van der Waals surface area contributed by atoms with Gasteiger partial charge >= 0.3 is 0 Å². The second-order valence-electron chi connectivity index (χ2n) is 4.52. The third-order valence-corrected chi connectivity index (χ3v) is 3.97. The molecule has 5 nitrogen and oxygen atoms in total. The lowest BCUT2D eigenvalue weighted by atomic mass is 10.2. The molecule has 0 spiro atoms. The maximum Gasteiger partial charge on any atom is 0.283 e. The van der Waals surface area contributed by atoms with E-state index in [1.807, 2.05) is 0 Å². The van der Waals surface area contributed by atoms with Gasteiger partial charge in [0.1, 0.15) is 4.47 Å². The van der Waals surface area contributed by atoms with Crippen molar-refractivity contribution in [1.29, 1.82) is 0 Å². The standard InChI is InChI=1S/C12H18BrN3O2/c1-18-7-6-16-12(17)11(13)10(8-14-16)15-9-4-2-3-5-9/h8-9,15H,2-7H2,1H3. The van der Waals surface area contributed by atoms with E-state index in [0.29, 0.717) is 23.7 Å². The monoisotopic (exact) mass is 315 g/mol. The number of nitrogens with one attached hydrogen (secondary N) is 1. The van der Waals surface area contributed by atoms with E-state index in [1.54, 1.807) is 13.3 Å². The molecule has 18 heavy (non-hydrogen) atoms. The minimum atomic E-state index is -0.116. The zero-order chi connectivity index (χ0) is 13.0. The summed E-state index contributed by atoms with van der Waals surface area (Å²) in [6.45, 7) is 0.951. The zero-order valence-corrected chi connectivity index (χ0v) is 12.1. The molecule has 1 saturated carbocycles. The van der Waals surface area contributed by atoms with Crippen molar-refractivity contribution < 1.29 is 4.74 Å². The van der Waals surface area contributed by atoms with Gasteiger partial charge in [0.2, 0.25) is 0 Å². The van der Waals surface area contributed by atoms with Crippen LogP contribution in [-0.4, -0.2) is 29.5 Å². The van der Waals surface area contributed by atoms with E-state index in [2.05, 4.69) is 26.3 Å². The molecular formula is C12H18BrN3O2. The van der Waals surface area contributed by atoms with Gasteiger partial charge in [0.05, 0.1) is 25.0 Å². The minimum Gasteiger partial charge on any atom is -0.383 e. The second kappa shape index (κ2) is 6.33. The average Bonchev–Trinajstić information content (AvgIpc) is 2.87. The Kier molecular flexibility index (Phi) is 4.77. The molecule has 100 valence electrons. The molecule has 1 aromatic rings. The number of hydrogen-bond donors (Lipinski definition) is 1. The van der Waals surface area contributed by atoms with Gasteiger partial charge in [-0.15, -0.1) is 0 Å². The van der Waals surface area contributed by atoms with Crippen molar-refractivity contribution in [3.8, 4) is 0 Å². The Hall–Kier alpha value is -0.880. The number of methoxy groups -OCH3 is 1. The van der Waals surface area contributed by atoms with Crippen molar-refractivity contribution in [3.05, 3.63) is 21.0 Å². The van der Waals surface area contributed by atoms with Crippen molar-refractivity contribution >= 4 is 21.6 Å². The fourth-order valence-electron chi connectivity index (χ4n) is 2.19. The molecule has 0 bridgehead atoms. The third-order valence-electron chi connectivity index (χ3n) is 3.21. The number of aromatic nitrogens is 2. The van der Waals surface area contributed by atoms with Gasteiger partial charge in [-0.3, -0.25) is 4.79 Å². The van der Waals surface area contributed by atoms with Crippen LogP contribution in [0.1, 0.15) is 25.7 Å². The number of halogens is 1. The van der Waals surface area contributed by atoms with Gasteiger partial charge in [-0.25, -0.2) is 4.68 Å². The highest BCUT2D eigenvalue weighted by molar-refractivity contribution is 9.10. The first-order valence-corrected chi connectivity index (χ1v) is 7.02. The van der Waals surface area contributed by atoms with Crippen LogP contribution in [-0.2, 0) is 11.3 Å². The summed E-state index contributed by atoms with van der Waals surface area (Å²) in [6.07, 6.45) is 6.55. The first-order chi connectivity index (χ1) is 8.72. The minimum absolute atomic E-state index is 0.116. The van der Waals surface area contributed by atoms with Gasteiger partial charge in [-0.05, 0) is 28.8 Å². The highest BCUT2D eigenvalue weighted by atomic mass is 79.9. The van der Waals surface area contributed by atoms with E-state index in [-0.39, 0.29) is 5.56 Å². The first-order valence-electron chi connectivity index (χ1n) is 6.23. The van der Waals surface area contributed by atoms with Crippen LogP contribution in [0, 0.1) is 0 Å². The van der Waals surface area contributed by atoms with Gasteiger partial charge in [0, 0.05) is 13.2 Å². The Balaban J connectivity index is 2.12. The zero-order valence-electron chi connectivity index (χ0n) is 10.5. The molecule has 6 heteroatoms. The van der Waals surface area contributed by atoms with Crippen LogP contribution in [0.4, 0.5) is 5.69 Å². The number of anilines is 1. The number of rotatable bonds is 5. The summed E-state index contributed by atoms with van der Waals surface area (Å²) in [6, 6.07) is 0.470. The van der Waals surface area contributed by atoms with Gasteiger partial charge in [-0.1, -0.05) is 12.8 Å². The summed E-state index contributed by atoms with van der Waals surface area (Å²) in [4.78, 5) is 12.0. The molecule has 1 fully saturated rings. The lowest BCUT2D eigenvalue weighted by Gasteiger charge is -2.15. The smallest absolute Gasteiger partial charge is 0.283 e. The maximum absolute atomic E-state index is 12.0. The summed E-state index contributed by atoms with van der Waals surface area (Å²) in [5, 5.41) is 7.53. The molecule has 0 amide bonds. The average molecular weight is 316 g/mol. The van der Waals surface area contributed by atoms with Crippen LogP contribution in [0.3, 0.4) is 0 Å². The van der Waals surface area contributed by atoms with Crippen LogP contribution >= 0.6 is 15.9 Å². The highest BCUT2D eigenvalue weighted by Crippen LogP contribution is 2.24. The summed E-state index contributed by atoms with van der Waals surface area (Å²) < 4.78 is 6.91. The molecule has 1 N–H and O–H groups in total. The lowest BCUT2D eigenvalue weighted by Crippen LogP contribution is -2.27. The van der Waals surface area contributed by atoms with Crippen LogP contribution in [0.5, 0.6) is 0 Å². The van der Waals surface area contributed by atoms with E-state index < -0.39 is 0 Å². The topological polar surface area (TPSA) is 56.1 Å². The largest absolute Gasteiger partial charge is 0.383 e. The third kappa shape index (κ3) is 3.11. The predicted octanol–water partition coefficient (Wildman–Crippen LogP) is 2.01. The summed E-state index contributed by atoms with van der Waals surface area (Å²) in [7, 11) is 1.61. The molecule has 0 aromatic carbocycles. The molecule has 0 radical (unpaired) electrons. The summed E-state index contributed by atoms with van der Waals surface area (Å²) in [5.74, 6) is 0. The molecule has 0 saturated heterocycles. The SMILES string of the molecule is COCCn1ncc(NC2CCCC2)c(Br)c1=O. The molecule has 0 atom stereocenters. The molecule has 0 unspecified atom stereocenters. The quantitative estimate of drug-likeness (QED) is 0.903. The van der Waals surface area contributed by atoms with Gasteiger partial charge in [0.15, 0.2) is 0 Å². The highest BCUT2D eigenvalue weighted by Gasteiger charge is 2.17. The van der Waals surface area contributed by atoms with Crippen molar-refractivity contribution in [2.45, 2.75) is 38.3 Å². The fourth-order valence-corrected chi connectivity index (χ4v) is 2.61.